The van der Waals surface area contributed by atoms with Crippen LogP contribution in [0.1, 0.15) is 17.0 Å². The molecule has 38 heavy (non-hydrogen) atoms. The minimum atomic E-state index is -0.480. The fraction of sp³-hybridized carbons (Fsp3) is 0.115. The Morgan fingerprint density at radius 1 is 1.13 bits per heavy atom. The number of rotatable bonds is 10. The van der Waals surface area contributed by atoms with Crippen molar-refractivity contribution < 1.29 is 14.5 Å². The Hall–Kier alpha value is -3.86. The molecule has 12 heteroatoms. The van der Waals surface area contributed by atoms with Gasteiger partial charge in [0.1, 0.15) is 5.75 Å². The third-order valence-corrected chi connectivity index (χ3v) is 6.84. The number of non-ortho nitro benzene ring substituents is 1. The molecular weight excluding hydrogens is 549 g/mol. The number of carbonyl (C=O) groups excluding carboxylic acids is 1. The Morgan fingerprint density at radius 2 is 1.92 bits per heavy atom. The van der Waals surface area contributed by atoms with Crippen LogP contribution in [0.25, 0.3) is 11.8 Å². The summed E-state index contributed by atoms with van der Waals surface area (Å²) in [6.07, 6.45) is 2.91. The molecule has 0 aliphatic carbocycles. The number of thioether (sulfide) groups is 1. The summed E-state index contributed by atoms with van der Waals surface area (Å²) in [7, 11) is 1.62. The lowest BCUT2D eigenvalue weighted by Crippen LogP contribution is -2.22. The average molecular weight is 570 g/mol. The molecule has 0 aliphatic rings. The number of nitro groups is 1. The van der Waals surface area contributed by atoms with Gasteiger partial charge in [-0.3, -0.25) is 19.5 Å². The summed E-state index contributed by atoms with van der Waals surface area (Å²) >= 11 is 14.1. The predicted molar refractivity (Wildman–Crippen MR) is 148 cm³/mol. The molecule has 0 aliphatic heterocycles. The normalized spacial score (nSPS) is 11.0. The Kier molecular flexibility index (Phi) is 9.01. The van der Waals surface area contributed by atoms with E-state index in [1.165, 1.54) is 30.0 Å². The van der Waals surface area contributed by atoms with Crippen LogP contribution in [-0.2, 0) is 17.1 Å². The van der Waals surface area contributed by atoms with Crippen molar-refractivity contribution in [3.8, 4) is 11.4 Å². The van der Waals surface area contributed by atoms with E-state index in [1.807, 2.05) is 24.3 Å². The lowest BCUT2D eigenvalue weighted by atomic mass is 10.2. The van der Waals surface area contributed by atoms with Crippen molar-refractivity contribution in [2.24, 2.45) is 0 Å². The molecule has 0 saturated heterocycles. The van der Waals surface area contributed by atoms with E-state index < -0.39 is 4.92 Å². The molecule has 1 aromatic heterocycles. The Bertz CT molecular complexity index is 1490. The van der Waals surface area contributed by atoms with Crippen molar-refractivity contribution >= 4 is 52.6 Å². The summed E-state index contributed by atoms with van der Waals surface area (Å²) in [5.41, 5.74) is 2.29. The molecule has 0 bridgehead atoms. The van der Waals surface area contributed by atoms with Crippen molar-refractivity contribution in [1.82, 2.24) is 20.1 Å². The zero-order chi connectivity index (χ0) is 27.1. The standard InChI is InChI=1S/C26H21Cl2N5O4S/c1-37-21-4-2-3-18(13-21)16-38-26-31-30-24(32(26)23-11-8-19(27)14-22(23)28)15-29-25(34)12-7-17-5-9-20(10-6-17)33(35)36/h2-14H,15-16H2,1H3,(H,29,34). The van der Waals surface area contributed by atoms with Crippen molar-refractivity contribution in [3.63, 3.8) is 0 Å². The predicted octanol–water partition coefficient (Wildman–Crippen LogP) is 6.11. The highest BCUT2D eigenvalue weighted by Crippen LogP contribution is 2.31. The second kappa shape index (κ2) is 12.6. The van der Waals surface area contributed by atoms with E-state index in [1.54, 1.807) is 48.1 Å². The van der Waals surface area contributed by atoms with Gasteiger partial charge in [-0.2, -0.15) is 0 Å². The number of carbonyl (C=O) groups is 1. The number of amides is 1. The van der Waals surface area contributed by atoms with E-state index in [0.717, 1.165) is 11.3 Å². The van der Waals surface area contributed by atoms with E-state index >= 15 is 0 Å². The Balaban J connectivity index is 1.51. The first-order chi connectivity index (χ1) is 18.3. The highest BCUT2D eigenvalue weighted by atomic mass is 35.5. The summed E-state index contributed by atoms with van der Waals surface area (Å²) in [6.45, 7) is 0.0785. The summed E-state index contributed by atoms with van der Waals surface area (Å²) in [4.78, 5) is 22.8. The van der Waals surface area contributed by atoms with E-state index in [9.17, 15) is 14.9 Å². The molecule has 0 fully saturated rings. The summed E-state index contributed by atoms with van der Waals surface area (Å²) in [6, 6.07) is 18.7. The number of methoxy groups -OCH3 is 1. The summed E-state index contributed by atoms with van der Waals surface area (Å²) < 4.78 is 7.08. The van der Waals surface area contributed by atoms with Crippen molar-refractivity contribution in [2.45, 2.75) is 17.5 Å². The van der Waals surface area contributed by atoms with Crippen LogP contribution in [0.5, 0.6) is 5.75 Å². The molecule has 9 nitrogen and oxygen atoms in total. The molecule has 0 atom stereocenters. The molecule has 0 saturated carbocycles. The quantitative estimate of drug-likeness (QED) is 0.106. The van der Waals surface area contributed by atoms with E-state index in [0.29, 0.717) is 38.0 Å². The first kappa shape index (κ1) is 27.2. The van der Waals surface area contributed by atoms with Gasteiger partial charge in [-0.15, -0.1) is 10.2 Å². The SMILES string of the molecule is COc1cccc(CSc2nnc(CNC(=O)C=Cc3ccc([N+](=O)[O-])cc3)n2-c2ccc(Cl)cc2Cl)c1. The van der Waals surface area contributed by atoms with Crippen LogP contribution in [-0.4, -0.2) is 32.7 Å². The highest BCUT2D eigenvalue weighted by molar-refractivity contribution is 7.98. The van der Waals surface area contributed by atoms with Gasteiger partial charge < -0.3 is 10.1 Å². The lowest BCUT2D eigenvalue weighted by Gasteiger charge is -2.12. The minimum absolute atomic E-state index is 0.0214. The molecule has 4 aromatic rings. The molecule has 0 radical (unpaired) electrons. The molecule has 0 unspecified atom stereocenters. The van der Waals surface area contributed by atoms with Gasteiger partial charge in [0.25, 0.3) is 5.69 Å². The van der Waals surface area contributed by atoms with Gasteiger partial charge >= 0.3 is 0 Å². The number of halogens is 2. The van der Waals surface area contributed by atoms with Crippen LogP contribution < -0.4 is 10.1 Å². The second-order valence-corrected chi connectivity index (χ2v) is 9.66. The molecule has 1 heterocycles. The molecule has 194 valence electrons. The van der Waals surface area contributed by atoms with Crippen LogP contribution in [0, 0.1) is 10.1 Å². The van der Waals surface area contributed by atoms with Gasteiger partial charge in [0.15, 0.2) is 11.0 Å². The maximum Gasteiger partial charge on any atom is 0.269 e. The van der Waals surface area contributed by atoms with Crippen LogP contribution >= 0.6 is 35.0 Å². The van der Waals surface area contributed by atoms with Gasteiger partial charge in [0, 0.05) is 29.0 Å². The number of nitrogens with zero attached hydrogens (tertiary/aromatic N) is 4. The van der Waals surface area contributed by atoms with Crippen molar-refractivity contribution in [1.29, 1.82) is 0 Å². The number of nitro benzene ring substituents is 1. The molecule has 0 spiro atoms. The fourth-order valence-corrected chi connectivity index (χ4v) is 4.83. The van der Waals surface area contributed by atoms with Gasteiger partial charge in [-0.1, -0.05) is 47.1 Å². The van der Waals surface area contributed by atoms with Crippen LogP contribution in [0.2, 0.25) is 10.0 Å². The van der Waals surface area contributed by atoms with E-state index in [2.05, 4.69) is 15.5 Å². The average Bonchev–Trinajstić information content (AvgIpc) is 3.32. The minimum Gasteiger partial charge on any atom is -0.497 e. The first-order valence-electron chi connectivity index (χ1n) is 11.2. The maximum atomic E-state index is 12.5. The number of hydrogen-bond acceptors (Lipinski definition) is 7. The monoisotopic (exact) mass is 569 g/mol. The lowest BCUT2D eigenvalue weighted by molar-refractivity contribution is -0.384. The van der Waals surface area contributed by atoms with Crippen LogP contribution in [0.15, 0.2) is 78.0 Å². The highest BCUT2D eigenvalue weighted by Gasteiger charge is 2.18. The van der Waals surface area contributed by atoms with Crippen LogP contribution in [0.4, 0.5) is 5.69 Å². The van der Waals surface area contributed by atoms with E-state index in [4.69, 9.17) is 27.9 Å². The number of hydrogen-bond donors (Lipinski definition) is 1. The van der Waals surface area contributed by atoms with Crippen LogP contribution in [0.3, 0.4) is 0 Å². The van der Waals surface area contributed by atoms with Crippen molar-refractivity contribution in [3.05, 3.63) is 110 Å². The number of aromatic nitrogens is 3. The smallest absolute Gasteiger partial charge is 0.269 e. The van der Waals surface area contributed by atoms with Crippen molar-refractivity contribution in [2.75, 3.05) is 7.11 Å². The molecule has 1 N–H and O–H groups in total. The van der Waals surface area contributed by atoms with Gasteiger partial charge in [-0.05, 0) is 59.7 Å². The molecular formula is C26H21Cl2N5O4S. The number of benzene rings is 3. The third kappa shape index (κ3) is 6.91. The van der Waals surface area contributed by atoms with Gasteiger partial charge in [-0.25, -0.2) is 0 Å². The third-order valence-electron chi connectivity index (χ3n) is 5.30. The number of nitrogens with one attached hydrogen (secondary N) is 1. The maximum absolute atomic E-state index is 12.5. The molecule has 1 amide bonds. The largest absolute Gasteiger partial charge is 0.497 e. The Morgan fingerprint density at radius 3 is 2.63 bits per heavy atom. The second-order valence-electron chi connectivity index (χ2n) is 7.87. The zero-order valence-electron chi connectivity index (χ0n) is 20.0. The first-order valence-corrected chi connectivity index (χ1v) is 12.9. The fourth-order valence-electron chi connectivity index (χ4n) is 3.43. The Labute approximate surface area is 232 Å². The van der Waals surface area contributed by atoms with E-state index in [-0.39, 0.29) is 18.1 Å². The molecule has 4 rings (SSSR count). The topological polar surface area (TPSA) is 112 Å². The van der Waals surface area contributed by atoms with Gasteiger partial charge in [0.05, 0.1) is 29.3 Å². The van der Waals surface area contributed by atoms with Gasteiger partial charge in [0.2, 0.25) is 5.91 Å². The number of ether oxygens (including phenoxy) is 1. The summed E-state index contributed by atoms with van der Waals surface area (Å²) in [5, 5.41) is 23.7. The zero-order valence-corrected chi connectivity index (χ0v) is 22.3. The summed E-state index contributed by atoms with van der Waals surface area (Å²) in [5.74, 6) is 1.46. The molecule has 3 aromatic carbocycles.